The topological polar surface area (TPSA) is 100 Å². The third-order valence-corrected chi connectivity index (χ3v) is 4.01. The predicted octanol–water partition coefficient (Wildman–Crippen LogP) is 1.80. The minimum Gasteiger partial charge on any atom is -0.386 e. The first-order chi connectivity index (χ1) is 12.4. The second kappa shape index (κ2) is 9.05. The fraction of sp³-hybridized carbons (Fsp3) is 0.222. The molecule has 0 aliphatic rings. The average molecular weight is 379 g/mol. The molecule has 0 bridgehead atoms. The molecule has 0 saturated heterocycles. The summed E-state index contributed by atoms with van der Waals surface area (Å²) in [5.74, 6) is -1.61. The number of hydrogen-bond acceptors (Lipinski definition) is 4. The van der Waals surface area contributed by atoms with Crippen molar-refractivity contribution < 1.29 is 14.0 Å². The van der Waals surface area contributed by atoms with Crippen molar-refractivity contribution in [3.63, 3.8) is 0 Å². The van der Waals surface area contributed by atoms with E-state index in [-0.39, 0.29) is 18.0 Å². The first-order valence-corrected chi connectivity index (χ1v) is 8.33. The van der Waals surface area contributed by atoms with Crippen LogP contribution in [0.25, 0.3) is 0 Å². The van der Waals surface area contributed by atoms with Gasteiger partial charge >= 0.3 is 0 Å². The molecule has 0 radical (unpaired) electrons. The Morgan fingerprint density at radius 1 is 1.27 bits per heavy atom. The Bertz CT molecular complexity index is 819. The Kier molecular flexibility index (Phi) is 6.80. The average Bonchev–Trinajstić information content (AvgIpc) is 3.03. The van der Waals surface area contributed by atoms with Crippen molar-refractivity contribution in [1.29, 1.82) is 0 Å². The first kappa shape index (κ1) is 19.5. The number of halogens is 2. The second-order valence-corrected chi connectivity index (χ2v) is 6.12. The quantitative estimate of drug-likeness (QED) is 0.500. The summed E-state index contributed by atoms with van der Waals surface area (Å²) in [6, 6.07) is 5.90. The van der Waals surface area contributed by atoms with E-state index in [9.17, 15) is 14.0 Å². The normalized spacial score (nSPS) is 10.4. The first-order valence-electron chi connectivity index (χ1n) is 7.95. The molecular formula is C18H20ClFN4O2. The van der Waals surface area contributed by atoms with Crippen molar-refractivity contribution in [2.24, 2.45) is 5.73 Å². The number of benzene rings is 1. The van der Waals surface area contributed by atoms with Gasteiger partial charge in [-0.1, -0.05) is 24.2 Å². The van der Waals surface area contributed by atoms with Crippen molar-refractivity contribution in [3.8, 4) is 0 Å². The van der Waals surface area contributed by atoms with Gasteiger partial charge < -0.3 is 21.4 Å². The molecule has 1 aromatic heterocycles. The molecule has 6 nitrogen and oxygen atoms in total. The van der Waals surface area contributed by atoms with Gasteiger partial charge in [0.25, 0.3) is 5.91 Å². The van der Waals surface area contributed by atoms with Gasteiger partial charge in [0.1, 0.15) is 5.82 Å². The number of H-pyrrole nitrogens is 1. The minimum absolute atomic E-state index is 0.0300. The maximum absolute atomic E-state index is 13.4. The van der Waals surface area contributed by atoms with Crippen LogP contribution in [-0.4, -0.2) is 23.2 Å². The van der Waals surface area contributed by atoms with E-state index in [0.717, 1.165) is 17.3 Å². The Balaban J connectivity index is 1.86. The molecule has 2 aromatic rings. The monoisotopic (exact) mass is 378 g/mol. The van der Waals surface area contributed by atoms with Gasteiger partial charge in [-0.2, -0.15) is 0 Å². The molecule has 0 unspecified atom stereocenters. The zero-order valence-electron chi connectivity index (χ0n) is 14.1. The Hall–Kier alpha value is -2.80. The van der Waals surface area contributed by atoms with Crippen LogP contribution in [-0.2, 0) is 29.0 Å². The third-order valence-electron chi connectivity index (χ3n) is 3.70. The summed E-state index contributed by atoms with van der Waals surface area (Å²) in [4.78, 5) is 27.0. The number of nitrogens with one attached hydrogen (secondary N) is 3. The Labute approximate surface area is 155 Å². The summed E-state index contributed by atoms with van der Waals surface area (Å²) in [6.07, 6.45) is 2.25. The van der Waals surface area contributed by atoms with Gasteiger partial charge in [0, 0.05) is 24.9 Å². The molecule has 1 aromatic carbocycles. The number of aromatic nitrogens is 1. The van der Waals surface area contributed by atoms with Crippen LogP contribution in [0.15, 0.2) is 42.9 Å². The second-order valence-electron chi connectivity index (χ2n) is 5.71. The van der Waals surface area contributed by atoms with Crippen LogP contribution in [0.1, 0.15) is 16.8 Å². The molecule has 0 atom stereocenters. The van der Waals surface area contributed by atoms with Crippen LogP contribution in [0.3, 0.4) is 0 Å². The smallest absolute Gasteiger partial charge is 0.288 e. The molecule has 0 aliphatic heterocycles. The van der Waals surface area contributed by atoms with Gasteiger partial charge in [-0.3, -0.25) is 9.59 Å². The highest BCUT2D eigenvalue weighted by Gasteiger charge is 2.15. The van der Waals surface area contributed by atoms with E-state index < -0.39 is 17.5 Å². The van der Waals surface area contributed by atoms with E-state index in [1.165, 1.54) is 12.1 Å². The maximum Gasteiger partial charge on any atom is 0.288 e. The summed E-state index contributed by atoms with van der Waals surface area (Å²) in [7, 11) is 0. The summed E-state index contributed by atoms with van der Waals surface area (Å²) in [5, 5.41) is 5.46. The lowest BCUT2D eigenvalue weighted by molar-refractivity contribution is -0.137. The Morgan fingerprint density at radius 2 is 2.04 bits per heavy atom. The van der Waals surface area contributed by atoms with Gasteiger partial charge in [-0.05, 0) is 35.7 Å². The number of Topliss-reactive ketones (excluding diaryl/α,β-unsaturated/α-hetero) is 1. The highest BCUT2D eigenvalue weighted by atomic mass is 35.5. The van der Waals surface area contributed by atoms with Gasteiger partial charge in [-0.25, -0.2) is 4.39 Å². The lowest BCUT2D eigenvalue weighted by Gasteiger charge is -2.08. The molecule has 1 amide bonds. The predicted molar refractivity (Wildman–Crippen MR) is 97.8 cm³/mol. The van der Waals surface area contributed by atoms with Crippen LogP contribution < -0.4 is 16.4 Å². The highest BCUT2D eigenvalue weighted by molar-refractivity contribution is 6.36. The van der Waals surface area contributed by atoms with Gasteiger partial charge in [0.15, 0.2) is 0 Å². The molecule has 0 spiro atoms. The van der Waals surface area contributed by atoms with E-state index in [0.29, 0.717) is 24.4 Å². The molecule has 0 saturated carbocycles. The summed E-state index contributed by atoms with van der Waals surface area (Å²) < 4.78 is 13.4. The lowest BCUT2D eigenvalue weighted by Crippen LogP contribution is -2.32. The molecule has 26 heavy (non-hydrogen) atoms. The number of carbonyl (C=O) groups is 2. The maximum atomic E-state index is 13.4. The molecule has 2 rings (SSSR count). The van der Waals surface area contributed by atoms with Crippen LogP contribution in [0, 0.1) is 5.82 Å². The van der Waals surface area contributed by atoms with Crippen LogP contribution in [0.4, 0.5) is 4.39 Å². The molecule has 0 aliphatic carbocycles. The number of nitrogens with two attached hydrogens (primary N) is 1. The zero-order valence-corrected chi connectivity index (χ0v) is 14.8. The van der Waals surface area contributed by atoms with E-state index in [1.54, 1.807) is 6.20 Å². The third kappa shape index (κ3) is 5.63. The lowest BCUT2D eigenvalue weighted by atomic mass is 10.1. The minimum atomic E-state index is -0.727. The molecular weight excluding hydrogens is 359 g/mol. The molecule has 5 N–H and O–H groups in total. The Morgan fingerprint density at radius 3 is 2.73 bits per heavy atom. The van der Waals surface area contributed by atoms with E-state index in [4.69, 9.17) is 17.3 Å². The van der Waals surface area contributed by atoms with Gasteiger partial charge in [-0.15, -0.1) is 0 Å². The van der Waals surface area contributed by atoms with E-state index in [1.807, 2.05) is 6.07 Å². The van der Waals surface area contributed by atoms with E-state index >= 15 is 0 Å². The summed E-state index contributed by atoms with van der Waals surface area (Å²) >= 11 is 5.60. The van der Waals surface area contributed by atoms with Gasteiger partial charge in [0.2, 0.25) is 5.78 Å². The summed E-state index contributed by atoms with van der Waals surface area (Å²) in [6.45, 7) is 4.35. The molecule has 8 heteroatoms. The van der Waals surface area contributed by atoms with Crippen LogP contribution >= 0.6 is 11.6 Å². The largest absolute Gasteiger partial charge is 0.386 e. The van der Waals surface area contributed by atoms with Crippen molar-refractivity contribution in [3.05, 3.63) is 70.5 Å². The van der Waals surface area contributed by atoms with Crippen molar-refractivity contribution in [2.75, 3.05) is 6.54 Å². The number of aromatic amines is 1. The molecule has 138 valence electrons. The summed E-state index contributed by atoms with van der Waals surface area (Å²) in [5.41, 5.74) is 7.62. The number of rotatable bonds is 9. The van der Waals surface area contributed by atoms with Gasteiger partial charge in [0.05, 0.1) is 17.4 Å². The van der Waals surface area contributed by atoms with Crippen LogP contribution in [0.5, 0.6) is 0 Å². The fourth-order valence-corrected chi connectivity index (χ4v) is 2.49. The van der Waals surface area contributed by atoms with Crippen molar-refractivity contribution in [2.45, 2.75) is 19.4 Å². The number of carbonyl (C=O) groups excluding carboxylic acids is 2. The SMILES string of the molecule is C=C(N)NCCc1cc[nH]c1CNC(=O)C(=O)Cc1ccc(Cl)c(F)c1. The fourth-order valence-electron chi connectivity index (χ4n) is 2.38. The number of hydrogen-bond donors (Lipinski definition) is 4. The standard InChI is InChI=1S/C18H20ClFN4O2/c1-11(21)22-6-4-13-5-7-23-16(13)10-24-18(26)17(25)9-12-2-3-14(19)15(20)8-12/h2-3,5,7-8,22-23H,1,4,6,9-10,21H2,(H,24,26). The number of amides is 1. The van der Waals surface area contributed by atoms with Crippen molar-refractivity contribution >= 4 is 23.3 Å². The van der Waals surface area contributed by atoms with Crippen molar-refractivity contribution in [1.82, 2.24) is 15.6 Å². The number of ketones is 1. The van der Waals surface area contributed by atoms with E-state index in [2.05, 4.69) is 22.2 Å². The highest BCUT2D eigenvalue weighted by Crippen LogP contribution is 2.16. The van der Waals surface area contributed by atoms with Crippen LogP contribution in [0.2, 0.25) is 5.02 Å². The zero-order chi connectivity index (χ0) is 19.1. The molecule has 0 fully saturated rings. The molecule has 1 heterocycles.